The van der Waals surface area contributed by atoms with Crippen LogP contribution >= 0.6 is 24.0 Å². The van der Waals surface area contributed by atoms with Crippen LogP contribution in [0.15, 0.2) is 23.2 Å². The Hall–Kier alpha value is -1.05. The summed E-state index contributed by atoms with van der Waals surface area (Å²) in [6.45, 7) is 3.79. The molecule has 0 fully saturated rings. The molecule has 6 heteroatoms. The summed E-state index contributed by atoms with van der Waals surface area (Å²) in [6, 6.07) is 6.03. The summed E-state index contributed by atoms with van der Waals surface area (Å²) >= 11 is 0. The van der Waals surface area contributed by atoms with Crippen molar-refractivity contribution in [3.63, 3.8) is 0 Å². The standard InChI is InChI=1S/C14H25N5.HI/c1-5-6-10-16-14(15-2)17-11-12-8-7-9-13(18-12)19(3)4;/h7-9H,5-6,10-11H2,1-4H3,(H2,15,16,17);1H. The Morgan fingerprint density at radius 3 is 2.65 bits per heavy atom. The first kappa shape index (κ1) is 18.9. The quantitative estimate of drug-likeness (QED) is 0.338. The van der Waals surface area contributed by atoms with E-state index >= 15 is 0 Å². The normalized spacial score (nSPS) is 10.7. The van der Waals surface area contributed by atoms with Gasteiger partial charge in [-0.3, -0.25) is 4.99 Å². The van der Waals surface area contributed by atoms with Gasteiger partial charge < -0.3 is 15.5 Å². The van der Waals surface area contributed by atoms with Gasteiger partial charge in [0, 0.05) is 27.7 Å². The van der Waals surface area contributed by atoms with E-state index < -0.39 is 0 Å². The van der Waals surface area contributed by atoms with E-state index in [2.05, 4.69) is 27.5 Å². The van der Waals surface area contributed by atoms with Crippen LogP contribution in [0.1, 0.15) is 25.5 Å². The van der Waals surface area contributed by atoms with Crippen LogP contribution in [-0.2, 0) is 6.54 Å². The van der Waals surface area contributed by atoms with Crippen molar-refractivity contribution in [2.24, 2.45) is 4.99 Å². The van der Waals surface area contributed by atoms with E-state index in [4.69, 9.17) is 0 Å². The molecule has 0 unspecified atom stereocenters. The summed E-state index contributed by atoms with van der Waals surface area (Å²) in [7, 11) is 5.76. The number of hydrogen-bond acceptors (Lipinski definition) is 3. The molecule has 0 saturated heterocycles. The lowest BCUT2D eigenvalue weighted by molar-refractivity contribution is 0.725. The van der Waals surface area contributed by atoms with Crippen LogP contribution in [-0.4, -0.2) is 38.6 Å². The molecule has 0 bridgehead atoms. The summed E-state index contributed by atoms with van der Waals surface area (Å²) in [6.07, 6.45) is 2.32. The van der Waals surface area contributed by atoms with E-state index in [9.17, 15) is 0 Å². The number of aromatic nitrogens is 1. The van der Waals surface area contributed by atoms with E-state index in [1.807, 2.05) is 37.2 Å². The molecule has 1 aromatic heterocycles. The molecule has 1 aromatic rings. The zero-order valence-corrected chi connectivity index (χ0v) is 15.1. The molecule has 0 saturated carbocycles. The molecule has 20 heavy (non-hydrogen) atoms. The molecule has 0 spiro atoms. The van der Waals surface area contributed by atoms with Gasteiger partial charge in [0.15, 0.2) is 5.96 Å². The molecule has 5 nitrogen and oxygen atoms in total. The summed E-state index contributed by atoms with van der Waals surface area (Å²) in [4.78, 5) is 10.7. The topological polar surface area (TPSA) is 52.6 Å². The fraction of sp³-hybridized carbons (Fsp3) is 0.571. The third kappa shape index (κ3) is 6.93. The van der Waals surface area contributed by atoms with Crippen molar-refractivity contribution in [3.05, 3.63) is 23.9 Å². The van der Waals surface area contributed by atoms with E-state index in [1.165, 1.54) is 6.42 Å². The lowest BCUT2D eigenvalue weighted by atomic mass is 10.3. The zero-order chi connectivity index (χ0) is 14.1. The van der Waals surface area contributed by atoms with Crippen molar-refractivity contribution in [1.29, 1.82) is 0 Å². The number of nitrogens with one attached hydrogen (secondary N) is 2. The molecular weight excluding hydrogens is 365 g/mol. The van der Waals surface area contributed by atoms with Crippen LogP contribution in [0.3, 0.4) is 0 Å². The molecule has 0 atom stereocenters. The van der Waals surface area contributed by atoms with Gasteiger partial charge in [0.25, 0.3) is 0 Å². The summed E-state index contributed by atoms with van der Waals surface area (Å²) in [5.74, 6) is 1.79. The summed E-state index contributed by atoms with van der Waals surface area (Å²) in [5.41, 5.74) is 1.00. The van der Waals surface area contributed by atoms with Gasteiger partial charge in [0.05, 0.1) is 12.2 Å². The van der Waals surface area contributed by atoms with Crippen LogP contribution in [0.2, 0.25) is 0 Å². The highest BCUT2D eigenvalue weighted by Gasteiger charge is 2.01. The highest BCUT2D eigenvalue weighted by molar-refractivity contribution is 14.0. The Morgan fingerprint density at radius 2 is 2.05 bits per heavy atom. The minimum absolute atomic E-state index is 0. The molecule has 0 aliphatic heterocycles. The Balaban J connectivity index is 0.00000361. The number of aliphatic imine (C=N–C) groups is 1. The minimum atomic E-state index is 0. The molecule has 0 radical (unpaired) electrons. The highest BCUT2D eigenvalue weighted by Crippen LogP contribution is 2.07. The fourth-order valence-electron chi connectivity index (χ4n) is 1.59. The van der Waals surface area contributed by atoms with Gasteiger partial charge in [-0.15, -0.1) is 24.0 Å². The lowest BCUT2D eigenvalue weighted by Crippen LogP contribution is -2.37. The summed E-state index contributed by atoms with van der Waals surface area (Å²) in [5, 5.41) is 6.55. The van der Waals surface area contributed by atoms with Crippen molar-refractivity contribution < 1.29 is 0 Å². The largest absolute Gasteiger partial charge is 0.363 e. The number of guanidine groups is 1. The molecular formula is C14H26IN5. The second-order valence-corrected chi connectivity index (χ2v) is 4.59. The predicted octanol–water partition coefficient (Wildman–Crippen LogP) is 2.23. The van der Waals surface area contributed by atoms with Gasteiger partial charge in [-0.25, -0.2) is 4.98 Å². The molecule has 0 amide bonds. The highest BCUT2D eigenvalue weighted by atomic mass is 127. The van der Waals surface area contributed by atoms with E-state index in [0.29, 0.717) is 6.54 Å². The Kier molecular flexibility index (Phi) is 10.1. The van der Waals surface area contributed by atoms with E-state index in [0.717, 1.165) is 30.4 Å². The third-order valence-electron chi connectivity index (χ3n) is 2.73. The van der Waals surface area contributed by atoms with Crippen LogP contribution in [0, 0.1) is 0 Å². The van der Waals surface area contributed by atoms with Crippen LogP contribution in [0.4, 0.5) is 5.82 Å². The van der Waals surface area contributed by atoms with E-state index in [1.54, 1.807) is 7.05 Å². The van der Waals surface area contributed by atoms with Gasteiger partial charge in [0.2, 0.25) is 0 Å². The molecule has 1 heterocycles. The number of anilines is 1. The molecule has 1 rings (SSSR count). The minimum Gasteiger partial charge on any atom is -0.363 e. The number of rotatable bonds is 6. The molecule has 114 valence electrons. The monoisotopic (exact) mass is 391 g/mol. The Bertz CT molecular complexity index is 406. The molecule has 2 N–H and O–H groups in total. The number of unbranched alkanes of at least 4 members (excludes halogenated alkanes) is 1. The first-order valence-corrected chi connectivity index (χ1v) is 6.75. The van der Waals surface area contributed by atoms with Crippen molar-refractivity contribution in [2.45, 2.75) is 26.3 Å². The second kappa shape index (κ2) is 10.7. The molecule has 0 aliphatic rings. The average molecular weight is 391 g/mol. The van der Waals surface area contributed by atoms with Crippen LogP contribution in [0.25, 0.3) is 0 Å². The van der Waals surface area contributed by atoms with Gasteiger partial charge in [-0.1, -0.05) is 19.4 Å². The van der Waals surface area contributed by atoms with Crippen LogP contribution < -0.4 is 15.5 Å². The Morgan fingerprint density at radius 1 is 1.30 bits per heavy atom. The number of hydrogen-bond donors (Lipinski definition) is 2. The smallest absolute Gasteiger partial charge is 0.191 e. The third-order valence-corrected chi connectivity index (χ3v) is 2.73. The molecule has 0 aliphatic carbocycles. The SMILES string of the molecule is CCCCNC(=NC)NCc1cccc(N(C)C)n1.I. The van der Waals surface area contributed by atoms with Crippen molar-refractivity contribution in [2.75, 3.05) is 32.6 Å². The van der Waals surface area contributed by atoms with Crippen molar-refractivity contribution >= 4 is 35.8 Å². The zero-order valence-electron chi connectivity index (χ0n) is 12.8. The maximum Gasteiger partial charge on any atom is 0.191 e. The average Bonchev–Trinajstić information content (AvgIpc) is 2.43. The fourth-order valence-corrected chi connectivity index (χ4v) is 1.59. The first-order chi connectivity index (χ1) is 9.17. The number of pyridine rings is 1. The molecule has 0 aromatic carbocycles. The van der Waals surface area contributed by atoms with Crippen molar-refractivity contribution in [3.8, 4) is 0 Å². The van der Waals surface area contributed by atoms with Crippen LogP contribution in [0.5, 0.6) is 0 Å². The predicted molar refractivity (Wildman–Crippen MR) is 97.1 cm³/mol. The Labute approximate surface area is 139 Å². The number of halogens is 1. The van der Waals surface area contributed by atoms with Crippen molar-refractivity contribution in [1.82, 2.24) is 15.6 Å². The van der Waals surface area contributed by atoms with E-state index in [-0.39, 0.29) is 24.0 Å². The van der Waals surface area contributed by atoms with Gasteiger partial charge in [-0.05, 0) is 18.6 Å². The first-order valence-electron chi connectivity index (χ1n) is 6.75. The maximum atomic E-state index is 4.56. The number of nitrogens with zero attached hydrogens (tertiary/aromatic N) is 3. The van der Waals surface area contributed by atoms with Gasteiger partial charge in [0.1, 0.15) is 5.82 Å². The maximum absolute atomic E-state index is 4.56. The lowest BCUT2D eigenvalue weighted by Gasteiger charge is -2.14. The van der Waals surface area contributed by atoms with Gasteiger partial charge in [-0.2, -0.15) is 0 Å². The second-order valence-electron chi connectivity index (χ2n) is 4.59. The van der Waals surface area contributed by atoms with Gasteiger partial charge >= 0.3 is 0 Å². The summed E-state index contributed by atoms with van der Waals surface area (Å²) < 4.78 is 0.